The predicted octanol–water partition coefficient (Wildman–Crippen LogP) is 5.13. The molecule has 0 aliphatic heterocycles. The Balaban J connectivity index is 1.83. The van der Waals surface area contributed by atoms with Gasteiger partial charge in [-0.3, -0.25) is 9.59 Å². The van der Waals surface area contributed by atoms with Gasteiger partial charge in [0.15, 0.2) is 5.78 Å². The van der Waals surface area contributed by atoms with Gasteiger partial charge in [-0.2, -0.15) is 0 Å². The zero-order chi connectivity index (χ0) is 18.7. The van der Waals surface area contributed by atoms with Crippen LogP contribution in [0.1, 0.15) is 51.9 Å². The van der Waals surface area contributed by atoms with Crippen molar-refractivity contribution in [3.05, 3.63) is 11.6 Å². The molecule has 3 fully saturated rings. The number of carbonyl (C=O) groups is 2. The number of hydrogen-bond acceptors (Lipinski definition) is 2. The predicted molar refractivity (Wildman–Crippen MR) is 106 cm³/mol. The first-order valence-electron chi connectivity index (χ1n) is 9.50. The van der Waals surface area contributed by atoms with Crippen LogP contribution in [-0.2, 0) is 9.59 Å². The average Bonchev–Trinajstić information content (AvgIpc) is 2.93. The minimum Gasteiger partial charge on any atom is -0.299 e. The number of carbonyl (C=O) groups excluding carboxylic acids is 2. The van der Waals surface area contributed by atoms with E-state index in [1.165, 1.54) is 0 Å². The van der Waals surface area contributed by atoms with Crippen LogP contribution < -0.4 is 0 Å². The summed E-state index contributed by atoms with van der Waals surface area (Å²) in [5.41, 5.74) is 0.620. The van der Waals surface area contributed by atoms with Gasteiger partial charge in [0.2, 0.25) is 0 Å². The highest BCUT2D eigenvalue weighted by Gasteiger charge is 2.63. The Bertz CT molecular complexity index is 751. The van der Waals surface area contributed by atoms with Crippen LogP contribution >= 0.6 is 31.9 Å². The molecule has 7 atom stereocenters. The van der Waals surface area contributed by atoms with Gasteiger partial charge in [-0.05, 0) is 55.1 Å². The summed E-state index contributed by atoms with van der Waals surface area (Å²) in [7, 11) is 0. The number of alkyl halides is 2. The maximum atomic E-state index is 12.8. The zero-order valence-corrected chi connectivity index (χ0v) is 18.0. The Kier molecular flexibility index (Phi) is 4.76. The van der Waals surface area contributed by atoms with Crippen molar-refractivity contribution in [2.45, 2.75) is 61.5 Å². The van der Waals surface area contributed by atoms with Gasteiger partial charge in [-0.15, -0.1) is 4.39 Å². The lowest BCUT2D eigenvalue weighted by molar-refractivity contribution is -0.132. The third-order valence-electron chi connectivity index (χ3n) is 7.88. The van der Waals surface area contributed by atoms with Crippen LogP contribution in [0.5, 0.6) is 0 Å². The van der Waals surface area contributed by atoms with Crippen molar-refractivity contribution in [2.75, 3.05) is 0 Å². The molecule has 140 valence electrons. The van der Waals surface area contributed by atoms with Crippen molar-refractivity contribution < 1.29 is 14.0 Å². The van der Waals surface area contributed by atoms with E-state index < -0.39 is 0 Å². The quantitative estimate of drug-likeness (QED) is 0.381. The summed E-state index contributed by atoms with van der Waals surface area (Å²) in [4.78, 5) is 25.0. The van der Waals surface area contributed by atoms with Gasteiger partial charge in [-0.25, -0.2) is 0 Å². The number of allylic oxidation sites excluding steroid dienone is 1. The number of ketones is 2. The van der Waals surface area contributed by atoms with E-state index in [4.69, 9.17) is 0 Å². The molecule has 4 rings (SSSR count). The Labute approximate surface area is 171 Å². The normalized spacial score (nSPS) is 47.2. The highest BCUT2D eigenvalue weighted by molar-refractivity contribution is 9.12. The van der Waals surface area contributed by atoms with Gasteiger partial charge in [0.25, 0.3) is 0 Å². The van der Waals surface area contributed by atoms with Crippen molar-refractivity contribution in [1.29, 1.82) is 0 Å². The molecule has 0 radical (unpaired) electrons. The van der Waals surface area contributed by atoms with Crippen molar-refractivity contribution in [2.24, 2.45) is 28.6 Å². The van der Waals surface area contributed by atoms with Gasteiger partial charge in [0.1, 0.15) is 12.0 Å². The smallest absolute Gasteiger partial charge is 0.155 e. The van der Waals surface area contributed by atoms with E-state index in [1.807, 2.05) is 0 Å². The number of Topliss-reactive ketones (excluding diaryl/α,β-unsaturated/α-hetero) is 1. The second-order valence-electron chi connectivity index (χ2n) is 8.72. The lowest BCUT2D eigenvalue weighted by atomic mass is 9.46. The highest BCUT2D eigenvalue weighted by atomic mass is 79.9. The summed E-state index contributed by atoms with van der Waals surface area (Å²) in [6, 6.07) is 0. The third-order valence-corrected chi connectivity index (χ3v) is 10.8. The second kappa shape index (κ2) is 6.55. The van der Waals surface area contributed by atoms with E-state index in [2.05, 4.69) is 44.7 Å². The molecule has 0 amide bonds. The molecule has 2 nitrogen and oxygen atoms in total. The minimum atomic E-state index is -0.247. The van der Waals surface area contributed by atoms with E-state index in [0.29, 0.717) is 42.8 Å². The minimum absolute atomic E-state index is 0.0208. The van der Waals surface area contributed by atoms with Crippen molar-refractivity contribution in [1.82, 2.24) is 0 Å². The molecule has 5 heteroatoms. The topological polar surface area (TPSA) is 34.1 Å². The van der Waals surface area contributed by atoms with E-state index in [1.54, 1.807) is 12.3 Å². The van der Waals surface area contributed by atoms with E-state index in [0.717, 1.165) is 31.3 Å². The molecule has 0 aromatic heterocycles. The fourth-order valence-corrected chi connectivity index (χ4v) is 8.53. The summed E-state index contributed by atoms with van der Waals surface area (Å²) in [6.07, 6.45) is 8.57. The summed E-state index contributed by atoms with van der Waals surface area (Å²) >= 11 is 7.78. The first-order chi connectivity index (χ1) is 12.3. The molecule has 0 N–H and O–H groups in total. The van der Waals surface area contributed by atoms with Crippen LogP contribution in [0.2, 0.25) is 0 Å². The fraction of sp³-hybridized carbons (Fsp3) is 0.714. The maximum Gasteiger partial charge on any atom is 0.155 e. The lowest BCUT2D eigenvalue weighted by Gasteiger charge is -2.60. The monoisotopic (exact) mass is 484 g/mol. The summed E-state index contributed by atoms with van der Waals surface area (Å²) in [6.45, 7) is 2.15. The molecular weight excluding hydrogens is 463 g/mol. The highest BCUT2D eigenvalue weighted by Crippen LogP contribution is 2.67. The summed E-state index contributed by atoms with van der Waals surface area (Å²) in [5, 5.41) is 0. The first kappa shape index (κ1) is 18.9. The van der Waals surface area contributed by atoms with Crippen LogP contribution in [0.25, 0.3) is 0 Å². The zero-order valence-electron chi connectivity index (χ0n) is 14.9. The van der Waals surface area contributed by atoms with Gasteiger partial charge in [0, 0.05) is 39.7 Å². The Hall–Kier alpha value is -0.470. The van der Waals surface area contributed by atoms with Crippen molar-refractivity contribution in [3.8, 4) is 12.1 Å². The van der Waals surface area contributed by atoms with Crippen molar-refractivity contribution in [3.63, 3.8) is 0 Å². The Morgan fingerprint density at radius 2 is 1.96 bits per heavy atom. The molecular formula is C21H23Br2FO2. The standard InChI is InChI=1S/C21H23Br2FO2/c1-20-8-6-14-17(13(20)3-4-16(20)26)19(23)18(22)15-11-12(25)5-9-21(14,15)7-2-10-24/h11,13-14,17-19H,3-9H2,1H3/t13-,14-,17-,18-,19-,20-,21+/m0/s1. The van der Waals surface area contributed by atoms with E-state index in [9.17, 15) is 14.0 Å². The average molecular weight is 486 g/mol. The molecule has 26 heavy (non-hydrogen) atoms. The molecule has 0 saturated heterocycles. The first-order valence-corrected chi connectivity index (χ1v) is 11.3. The van der Waals surface area contributed by atoms with E-state index in [-0.39, 0.29) is 26.3 Å². The van der Waals surface area contributed by atoms with Crippen LogP contribution in [0.3, 0.4) is 0 Å². The molecule has 0 aromatic rings. The SMILES string of the molecule is C[C@]12CC[C@H]3[C@@H]([C@H](Br)[C@@H](Br)C4=CC(=O)CC[C@@]43CC#CF)[C@@H]1CCC2=O. The largest absolute Gasteiger partial charge is 0.299 e. The molecule has 0 spiro atoms. The summed E-state index contributed by atoms with van der Waals surface area (Å²) < 4.78 is 12.8. The van der Waals surface area contributed by atoms with Gasteiger partial charge in [0.05, 0.1) is 0 Å². The molecule has 4 aliphatic carbocycles. The maximum absolute atomic E-state index is 12.8. The second-order valence-corrected chi connectivity index (χ2v) is 10.8. The van der Waals surface area contributed by atoms with Gasteiger partial charge < -0.3 is 0 Å². The molecule has 3 saturated carbocycles. The third kappa shape index (κ3) is 2.47. The number of rotatable bonds is 1. The summed E-state index contributed by atoms with van der Waals surface area (Å²) in [5.74, 6) is 4.30. The van der Waals surface area contributed by atoms with E-state index >= 15 is 0 Å². The van der Waals surface area contributed by atoms with Crippen LogP contribution in [0.4, 0.5) is 4.39 Å². The lowest BCUT2D eigenvalue weighted by Crippen LogP contribution is -2.58. The number of hydrogen-bond donors (Lipinski definition) is 0. The molecule has 0 unspecified atom stereocenters. The Morgan fingerprint density at radius 1 is 1.19 bits per heavy atom. The molecule has 4 aliphatic rings. The molecule has 0 heterocycles. The van der Waals surface area contributed by atoms with Crippen LogP contribution in [-0.4, -0.2) is 21.2 Å². The van der Waals surface area contributed by atoms with Crippen LogP contribution in [0, 0.1) is 40.7 Å². The van der Waals surface area contributed by atoms with Gasteiger partial charge in [-0.1, -0.05) is 44.7 Å². The molecule has 0 aromatic carbocycles. The number of fused-ring (bicyclic) bond motifs is 5. The fourth-order valence-electron chi connectivity index (χ4n) is 6.57. The number of halogens is 3. The Morgan fingerprint density at radius 3 is 2.69 bits per heavy atom. The van der Waals surface area contributed by atoms with Crippen molar-refractivity contribution >= 4 is 43.4 Å². The van der Waals surface area contributed by atoms with Gasteiger partial charge >= 0.3 is 0 Å². The van der Waals surface area contributed by atoms with Crippen LogP contribution in [0.15, 0.2) is 11.6 Å². The molecule has 0 bridgehead atoms.